The van der Waals surface area contributed by atoms with E-state index in [0.717, 1.165) is 13.1 Å². The number of carbonyl (C=O) groups excluding carboxylic acids is 1. The second-order valence-corrected chi connectivity index (χ2v) is 6.05. The lowest BCUT2D eigenvalue weighted by molar-refractivity contribution is 0.0658. The minimum absolute atomic E-state index is 0.0785. The number of methoxy groups -OCH3 is 2. The van der Waals surface area contributed by atoms with Crippen LogP contribution >= 0.6 is 0 Å². The monoisotopic (exact) mass is 357 g/mol. The molecule has 1 fully saturated rings. The predicted octanol–water partition coefficient (Wildman–Crippen LogP) is 1.62. The first-order chi connectivity index (χ1) is 12.6. The molecule has 0 spiro atoms. The van der Waals surface area contributed by atoms with Crippen LogP contribution in [0, 0.1) is 0 Å². The summed E-state index contributed by atoms with van der Waals surface area (Å²) in [6.45, 7) is 3.14. The van der Waals surface area contributed by atoms with Crippen LogP contribution in [-0.4, -0.2) is 73.1 Å². The normalized spacial score (nSPS) is 14.8. The van der Waals surface area contributed by atoms with Gasteiger partial charge in [0.25, 0.3) is 5.91 Å². The number of benzene rings is 1. The third-order valence-corrected chi connectivity index (χ3v) is 4.32. The van der Waals surface area contributed by atoms with Gasteiger partial charge in [-0.25, -0.2) is 9.97 Å². The molecule has 1 saturated heterocycles. The van der Waals surface area contributed by atoms with Gasteiger partial charge < -0.3 is 24.6 Å². The van der Waals surface area contributed by atoms with Crippen LogP contribution < -0.4 is 14.8 Å². The van der Waals surface area contributed by atoms with Crippen molar-refractivity contribution >= 4 is 17.5 Å². The number of hydrogen-bond acceptors (Lipinski definition) is 7. The van der Waals surface area contributed by atoms with E-state index in [-0.39, 0.29) is 5.91 Å². The maximum Gasteiger partial charge on any atom is 0.272 e. The summed E-state index contributed by atoms with van der Waals surface area (Å²) in [5.74, 6) is 1.55. The summed E-state index contributed by atoms with van der Waals surface area (Å²) < 4.78 is 10.6. The summed E-state index contributed by atoms with van der Waals surface area (Å²) in [4.78, 5) is 25.3. The molecule has 2 aromatic rings. The van der Waals surface area contributed by atoms with Crippen LogP contribution in [0.3, 0.4) is 0 Å². The van der Waals surface area contributed by atoms with E-state index in [0.29, 0.717) is 41.9 Å². The molecule has 0 bridgehead atoms. The zero-order valence-corrected chi connectivity index (χ0v) is 15.2. The molecule has 1 aromatic carbocycles. The van der Waals surface area contributed by atoms with Crippen LogP contribution in [-0.2, 0) is 0 Å². The third kappa shape index (κ3) is 4.02. The summed E-state index contributed by atoms with van der Waals surface area (Å²) in [5, 5.41) is 3.10. The number of hydrogen-bond donors (Lipinski definition) is 1. The van der Waals surface area contributed by atoms with E-state index in [2.05, 4.69) is 27.2 Å². The Labute approximate surface area is 152 Å². The maximum absolute atomic E-state index is 12.7. The van der Waals surface area contributed by atoms with Crippen LogP contribution in [0.4, 0.5) is 11.6 Å². The first-order valence-electron chi connectivity index (χ1n) is 8.40. The van der Waals surface area contributed by atoms with Crippen molar-refractivity contribution in [3.8, 4) is 11.5 Å². The number of piperazine rings is 1. The molecule has 0 unspecified atom stereocenters. The fourth-order valence-corrected chi connectivity index (χ4v) is 2.73. The lowest BCUT2D eigenvalue weighted by atomic mass is 10.2. The van der Waals surface area contributed by atoms with Gasteiger partial charge >= 0.3 is 0 Å². The SMILES string of the molecule is COc1ccc(Nc2nccc(C(=O)N3CCN(C)CC3)n2)c(OC)c1. The van der Waals surface area contributed by atoms with Gasteiger partial charge in [-0.15, -0.1) is 0 Å². The van der Waals surface area contributed by atoms with Crippen molar-refractivity contribution in [2.45, 2.75) is 0 Å². The Kier molecular flexibility index (Phi) is 5.52. The third-order valence-electron chi connectivity index (χ3n) is 4.32. The number of rotatable bonds is 5. The van der Waals surface area contributed by atoms with Gasteiger partial charge in [0.05, 0.1) is 19.9 Å². The Balaban J connectivity index is 1.76. The largest absolute Gasteiger partial charge is 0.497 e. The molecule has 138 valence electrons. The minimum Gasteiger partial charge on any atom is -0.497 e. The van der Waals surface area contributed by atoms with Crippen molar-refractivity contribution in [1.82, 2.24) is 19.8 Å². The molecule has 0 aliphatic carbocycles. The highest BCUT2D eigenvalue weighted by atomic mass is 16.5. The smallest absolute Gasteiger partial charge is 0.272 e. The standard InChI is InChI=1S/C18H23N5O3/c1-22-8-10-23(11-9-22)17(24)15-6-7-19-18(21-15)20-14-5-4-13(25-2)12-16(14)26-3/h4-7,12H,8-11H2,1-3H3,(H,19,20,21). The van der Waals surface area contributed by atoms with E-state index in [9.17, 15) is 4.79 Å². The van der Waals surface area contributed by atoms with Gasteiger partial charge in [0.1, 0.15) is 17.2 Å². The van der Waals surface area contributed by atoms with Gasteiger partial charge in [0.15, 0.2) is 0 Å². The van der Waals surface area contributed by atoms with Gasteiger partial charge in [0, 0.05) is 38.4 Å². The molecule has 0 atom stereocenters. The molecule has 0 radical (unpaired) electrons. The highest BCUT2D eigenvalue weighted by Crippen LogP contribution is 2.30. The van der Waals surface area contributed by atoms with Gasteiger partial charge in [-0.05, 0) is 25.2 Å². The average molecular weight is 357 g/mol. The molecular formula is C18H23N5O3. The number of carbonyl (C=O) groups is 1. The van der Waals surface area contributed by atoms with E-state index >= 15 is 0 Å². The van der Waals surface area contributed by atoms with Crippen molar-refractivity contribution in [2.24, 2.45) is 0 Å². The zero-order chi connectivity index (χ0) is 18.5. The molecule has 2 heterocycles. The van der Waals surface area contributed by atoms with Gasteiger partial charge in [-0.1, -0.05) is 0 Å². The fraction of sp³-hybridized carbons (Fsp3) is 0.389. The average Bonchev–Trinajstić information content (AvgIpc) is 2.68. The van der Waals surface area contributed by atoms with Crippen LogP contribution in [0.1, 0.15) is 10.5 Å². The Hall–Kier alpha value is -2.87. The molecule has 1 amide bonds. The predicted molar refractivity (Wildman–Crippen MR) is 98.3 cm³/mol. The fourth-order valence-electron chi connectivity index (χ4n) is 2.73. The number of ether oxygens (including phenoxy) is 2. The summed E-state index contributed by atoms with van der Waals surface area (Å²) >= 11 is 0. The highest BCUT2D eigenvalue weighted by Gasteiger charge is 2.21. The van der Waals surface area contributed by atoms with Crippen molar-refractivity contribution in [2.75, 3.05) is 52.8 Å². The second-order valence-electron chi connectivity index (χ2n) is 6.05. The first-order valence-corrected chi connectivity index (χ1v) is 8.40. The molecule has 3 rings (SSSR count). The second kappa shape index (κ2) is 8.01. The number of amides is 1. The molecule has 8 nitrogen and oxygen atoms in total. The molecule has 8 heteroatoms. The molecule has 1 aliphatic rings. The Morgan fingerprint density at radius 2 is 1.88 bits per heavy atom. The maximum atomic E-state index is 12.7. The quantitative estimate of drug-likeness (QED) is 0.871. The lowest BCUT2D eigenvalue weighted by Crippen LogP contribution is -2.47. The van der Waals surface area contributed by atoms with Crippen LogP contribution in [0.5, 0.6) is 11.5 Å². The van der Waals surface area contributed by atoms with E-state index in [4.69, 9.17) is 9.47 Å². The van der Waals surface area contributed by atoms with Gasteiger partial charge in [-0.2, -0.15) is 0 Å². The number of aromatic nitrogens is 2. The summed E-state index contributed by atoms with van der Waals surface area (Å²) in [6, 6.07) is 7.03. The van der Waals surface area contributed by atoms with E-state index < -0.39 is 0 Å². The molecule has 1 aromatic heterocycles. The zero-order valence-electron chi connectivity index (χ0n) is 15.2. The van der Waals surface area contributed by atoms with Gasteiger partial charge in [-0.3, -0.25) is 4.79 Å². The molecular weight excluding hydrogens is 334 g/mol. The molecule has 1 aliphatic heterocycles. The lowest BCUT2D eigenvalue weighted by Gasteiger charge is -2.32. The van der Waals surface area contributed by atoms with Crippen molar-refractivity contribution < 1.29 is 14.3 Å². The van der Waals surface area contributed by atoms with Crippen LogP contribution in [0.2, 0.25) is 0 Å². The molecule has 1 N–H and O–H groups in total. The van der Waals surface area contributed by atoms with Crippen molar-refractivity contribution in [1.29, 1.82) is 0 Å². The van der Waals surface area contributed by atoms with Crippen LogP contribution in [0.15, 0.2) is 30.5 Å². The van der Waals surface area contributed by atoms with Crippen LogP contribution in [0.25, 0.3) is 0 Å². The van der Waals surface area contributed by atoms with Crippen molar-refractivity contribution in [3.05, 3.63) is 36.2 Å². The Morgan fingerprint density at radius 1 is 1.12 bits per heavy atom. The number of anilines is 2. The van der Waals surface area contributed by atoms with Gasteiger partial charge in [0.2, 0.25) is 5.95 Å². The summed E-state index contributed by atoms with van der Waals surface area (Å²) in [6.07, 6.45) is 1.58. The number of likely N-dealkylation sites (N-methyl/N-ethyl adjacent to an activating group) is 1. The minimum atomic E-state index is -0.0785. The number of nitrogens with zero attached hydrogens (tertiary/aromatic N) is 4. The highest BCUT2D eigenvalue weighted by molar-refractivity contribution is 5.92. The summed E-state index contributed by atoms with van der Waals surface area (Å²) in [5.41, 5.74) is 1.07. The topological polar surface area (TPSA) is 79.8 Å². The Bertz CT molecular complexity index is 775. The van der Waals surface area contributed by atoms with E-state index in [1.807, 2.05) is 17.0 Å². The van der Waals surface area contributed by atoms with E-state index in [1.54, 1.807) is 32.5 Å². The Morgan fingerprint density at radius 3 is 2.58 bits per heavy atom. The number of nitrogens with one attached hydrogen (secondary N) is 1. The van der Waals surface area contributed by atoms with Crippen molar-refractivity contribution in [3.63, 3.8) is 0 Å². The molecule has 26 heavy (non-hydrogen) atoms. The summed E-state index contributed by atoms with van der Waals surface area (Å²) in [7, 11) is 5.23. The molecule has 0 saturated carbocycles. The van der Waals surface area contributed by atoms with E-state index in [1.165, 1.54) is 0 Å². The first kappa shape index (κ1) is 17.9.